The first-order chi connectivity index (χ1) is 13.6. The molecule has 1 aromatic carbocycles. The Kier molecular flexibility index (Phi) is 8.97. The van der Waals surface area contributed by atoms with Gasteiger partial charge in [-0.25, -0.2) is 0 Å². The maximum absolute atomic E-state index is 13.2. The van der Waals surface area contributed by atoms with Crippen LogP contribution in [0.5, 0.6) is 0 Å². The normalized spacial score (nSPS) is 16.5. The highest BCUT2D eigenvalue weighted by Crippen LogP contribution is 2.26. The van der Waals surface area contributed by atoms with Crippen molar-refractivity contribution in [3.8, 4) is 0 Å². The molecule has 0 spiro atoms. The summed E-state index contributed by atoms with van der Waals surface area (Å²) in [4.78, 5) is 19.7. The van der Waals surface area contributed by atoms with Crippen LogP contribution in [0.4, 0.5) is 5.69 Å². The number of benzene rings is 1. The molecule has 1 aliphatic heterocycles. The Bertz CT molecular complexity index is 616. The summed E-state index contributed by atoms with van der Waals surface area (Å²) < 4.78 is 5.45. The molecule has 1 saturated heterocycles. The van der Waals surface area contributed by atoms with Crippen molar-refractivity contribution in [1.82, 2.24) is 9.80 Å². The van der Waals surface area contributed by atoms with Gasteiger partial charge in [0.05, 0.1) is 13.2 Å². The number of anilines is 1. The summed E-state index contributed by atoms with van der Waals surface area (Å²) in [7, 11) is 4.09. The van der Waals surface area contributed by atoms with E-state index in [1.165, 1.54) is 11.3 Å². The monoisotopic (exact) mass is 403 g/mol. The molecule has 1 heterocycles. The van der Waals surface area contributed by atoms with E-state index < -0.39 is 0 Å². The van der Waals surface area contributed by atoms with Gasteiger partial charge in [0.2, 0.25) is 5.91 Å². The van der Waals surface area contributed by atoms with Crippen molar-refractivity contribution in [3.63, 3.8) is 0 Å². The molecule has 0 saturated carbocycles. The van der Waals surface area contributed by atoms with Crippen molar-refractivity contribution < 1.29 is 9.53 Å². The van der Waals surface area contributed by atoms with E-state index in [0.29, 0.717) is 18.9 Å². The fourth-order valence-corrected chi connectivity index (χ4v) is 4.04. The maximum atomic E-state index is 13.2. The summed E-state index contributed by atoms with van der Waals surface area (Å²) in [5, 5.41) is 0. The average molecular weight is 404 g/mol. The summed E-state index contributed by atoms with van der Waals surface area (Å²) in [6.45, 7) is 14.8. The van der Waals surface area contributed by atoms with Gasteiger partial charge in [-0.3, -0.25) is 9.69 Å². The van der Waals surface area contributed by atoms with Crippen LogP contribution in [0.2, 0.25) is 0 Å². The van der Waals surface area contributed by atoms with Crippen molar-refractivity contribution in [2.45, 2.75) is 47.1 Å². The fourth-order valence-electron chi connectivity index (χ4n) is 4.04. The third kappa shape index (κ3) is 8.75. The highest BCUT2D eigenvalue weighted by atomic mass is 16.5. The summed E-state index contributed by atoms with van der Waals surface area (Å²) in [5.74, 6) is 0.663. The van der Waals surface area contributed by atoms with Gasteiger partial charge in [-0.05, 0) is 35.4 Å². The average Bonchev–Trinajstić information content (AvgIpc) is 2.64. The summed E-state index contributed by atoms with van der Waals surface area (Å²) >= 11 is 0. The largest absolute Gasteiger partial charge is 0.379 e. The third-order valence-electron chi connectivity index (χ3n) is 5.45. The van der Waals surface area contributed by atoms with Gasteiger partial charge in [-0.1, -0.05) is 39.8 Å². The van der Waals surface area contributed by atoms with Crippen molar-refractivity contribution in [2.75, 3.05) is 58.4 Å². The van der Waals surface area contributed by atoms with Gasteiger partial charge in [0.15, 0.2) is 0 Å². The van der Waals surface area contributed by atoms with E-state index in [9.17, 15) is 4.79 Å². The predicted octanol–water partition coefficient (Wildman–Crippen LogP) is 3.88. The Morgan fingerprint density at radius 2 is 1.76 bits per heavy atom. The van der Waals surface area contributed by atoms with Crippen LogP contribution in [0, 0.1) is 11.3 Å². The molecule has 29 heavy (non-hydrogen) atoms. The molecule has 1 unspecified atom stereocenters. The van der Waals surface area contributed by atoms with Crippen molar-refractivity contribution in [3.05, 3.63) is 29.8 Å². The topological polar surface area (TPSA) is 36.0 Å². The van der Waals surface area contributed by atoms with Gasteiger partial charge in [-0.15, -0.1) is 0 Å². The number of hydrogen-bond acceptors (Lipinski definition) is 4. The molecular weight excluding hydrogens is 362 g/mol. The lowest BCUT2D eigenvalue weighted by atomic mass is 9.84. The molecular formula is C24H41N3O2. The van der Waals surface area contributed by atoms with E-state index in [0.717, 1.165) is 45.8 Å². The molecule has 0 radical (unpaired) electrons. The molecule has 1 fully saturated rings. The summed E-state index contributed by atoms with van der Waals surface area (Å²) in [5.41, 5.74) is 2.62. The molecule has 1 atom stereocenters. The van der Waals surface area contributed by atoms with E-state index >= 15 is 0 Å². The van der Waals surface area contributed by atoms with Gasteiger partial charge >= 0.3 is 0 Å². The molecule has 1 amide bonds. The van der Waals surface area contributed by atoms with E-state index in [4.69, 9.17) is 4.74 Å². The van der Waals surface area contributed by atoms with Crippen LogP contribution in [0.25, 0.3) is 0 Å². The maximum Gasteiger partial charge on any atom is 0.223 e. The van der Waals surface area contributed by atoms with Crippen LogP contribution >= 0.6 is 0 Å². The highest BCUT2D eigenvalue weighted by molar-refractivity contribution is 5.76. The highest BCUT2D eigenvalue weighted by Gasteiger charge is 2.22. The molecule has 164 valence electrons. The van der Waals surface area contributed by atoms with Crippen molar-refractivity contribution >= 4 is 11.6 Å². The first kappa shape index (κ1) is 23.7. The van der Waals surface area contributed by atoms with Gasteiger partial charge in [0.25, 0.3) is 0 Å². The summed E-state index contributed by atoms with van der Waals surface area (Å²) in [6.07, 6.45) is 1.68. The Balaban J connectivity index is 2.01. The minimum atomic E-state index is 0.250. The number of amides is 1. The fraction of sp³-hybridized carbons (Fsp3) is 0.708. The number of carbonyl (C=O) groups excluding carboxylic acids is 1. The molecule has 0 N–H and O–H groups in total. The Labute approximate surface area is 178 Å². The van der Waals surface area contributed by atoms with E-state index in [1.807, 2.05) is 14.1 Å². The number of hydrogen-bond donors (Lipinski definition) is 0. The van der Waals surface area contributed by atoms with Crippen LogP contribution < -0.4 is 4.90 Å². The zero-order valence-electron chi connectivity index (χ0n) is 19.4. The number of carbonyl (C=O) groups is 1. The first-order valence-corrected chi connectivity index (χ1v) is 11.0. The molecule has 5 nitrogen and oxygen atoms in total. The van der Waals surface area contributed by atoms with E-state index in [-0.39, 0.29) is 11.3 Å². The molecule has 0 aromatic heterocycles. The quantitative estimate of drug-likeness (QED) is 0.627. The standard InChI is InChI=1S/C24H41N3O2/c1-20(18-24(2,3)4)17-23(28)27(12-11-26-13-15-29-16-14-26)19-21-7-9-22(10-8-21)25(5)6/h7-10,20H,11-19H2,1-6H3. The van der Waals surface area contributed by atoms with Gasteiger partial charge < -0.3 is 14.5 Å². The van der Waals surface area contributed by atoms with Gasteiger partial charge in [0.1, 0.15) is 0 Å². The van der Waals surface area contributed by atoms with E-state index in [2.05, 4.69) is 66.7 Å². The van der Waals surface area contributed by atoms with Crippen LogP contribution in [-0.2, 0) is 16.1 Å². The third-order valence-corrected chi connectivity index (χ3v) is 5.45. The molecule has 5 heteroatoms. The number of morpholine rings is 1. The minimum absolute atomic E-state index is 0.250. The molecule has 2 rings (SSSR count). The van der Waals surface area contributed by atoms with E-state index in [1.54, 1.807) is 0 Å². The zero-order chi connectivity index (χ0) is 21.4. The predicted molar refractivity (Wildman–Crippen MR) is 121 cm³/mol. The number of ether oxygens (including phenoxy) is 1. The Morgan fingerprint density at radius 1 is 1.14 bits per heavy atom. The molecule has 1 aromatic rings. The first-order valence-electron chi connectivity index (χ1n) is 11.0. The van der Waals surface area contributed by atoms with Gasteiger partial charge in [-0.2, -0.15) is 0 Å². The second-order valence-corrected chi connectivity index (χ2v) is 9.90. The van der Waals surface area contributed by atoms with Crippen LogP contribution in [0.1, 0.15) is 46.1 Å². The Hall–Kier alpha value is -1.59. The van der Waals surface area contributed by atoms with Crippen molar-refractivity contribution in [1.29, 1.82) is 0 Å². The minimum Gasteiger partial charge on any atom is -0.379 e. The number of nitrogens with zero attached hydrogens (tertiary/aromatic N) is 3. The Morgan fingerprint density at radius 3 is 2.31 bits per heavy atom. The lowest BCUT2D eigenvalue weighted by Gasteiger charge is -2.31. The smallest absolute Gasteiger partial charge is 0.223 e. The van der Waals surface area contributed by atoms with Crippen LogP contribution in [0.15, 0.2) is 24.3 Å². The zero-order valence-corrected chi connectivity index (χ0v) is 19.4. The number of rotatable bonds is 9. The van der Waals surface area contributed by atoms with Crippen LogP contribution in [-0.4, -0.2) is 69.2 Å². The SMILES string of the molecule is CC(CC(=O)N(CCN1CCOCC1)Cc1ccc(N(C)C)cc1)CC(C)(C)C. The van der Waals surface area contributed by atoms with Crippen molar-refractivity contribution in [2.24, 2.45) is 11.3 Å². The molecule has 0 aliphatic carbocycles. The lowest BCUT2D eigenvalue weighted by molar-refractivity contribution is -0.133. The molecule has 1 aliphatic rings. The summed E-state index contributed by atoms with van der Waals surface area (Å²) in [6, 6.07) is 8.54. The lowest BCUT2D eigenvalue weighted by Crippen LogP contribution is -2.43. The van der Waals surface area contributed by atoms with Gasteiger partial charge in [0, 0.05) is 58.9 Å². The second kappa shape index (κ2) is 11.0. The molecule has 0 bridgehead atoms. The second-order valence-electron chi connectivity index (χ2n) is 9.90. The van der Waals surface area contributed by atoms with Crippen LogP contribution in [0.3, 0.4) is 0 Å².